The van der Waals surface area contributed by atoms with Crippen molar-refractivity contribution in [1.29, 1.82) is 0 Å². The lowest BCUT2D eigenvalue weighted by molar-refractivity contribution is -0.115. The molecule has 10 heteroatoms. The lowest BCUT2D eigenvalue weighted by Crippen LogP contribution is -2.33. The number of allylic oxidation sites excluding steroid dienone is 1. The number of nitrogens with two attached hydrogens (primary N) is 1. The fraction of sp³-hybridized carbons (Fsp3) is 0.190. The average Bonchev–Trinajstić information content (AvgIpc) is 2.71. The summed E-state index contributed by atoms with van der Waals surface area (Å²) in [6, 6.07) is 9.69. The summed E-state index contributed by atoms with van der Waals surface area (Å²) in [5.41, 5.74) is 8.40. The van der Waals surface area contributed by atoms with E-state index in [1.165, 1.54) is 11.8 Å². The summed E-state index contributed by atoms with van der Waals surface area (Å²) in [6.45, 7) is 3.55. The molecule has 0 radical (unpaired) electrons. The van der Waals surface area contributed by atoms with Gasteiger partial charge in [-0.05, 0) is 37.6 Å². The number of anilines is 1. The van der Waals surface area contributed by atoms with Gasteiger partial charge in [0.2, 0.25) is 11.8 Å². The molecule has 2 amide bonds. The van der Waals surface area contributed by atoms with Gasteiger partial charge < -0.3 is 16.4 Å². The Morgan fingerprint density at radius 1 is 1.13 bits per heavy atom. The van der Waals surface area contributed by atoms with Gasteiger partial charge in [0.05, 0.1) is 21.4 Å². The number of carbonyl (C=O) groups excluding carboxylic acids is 2. The maximum Gasteiger partial charge on any atom is 0.248 e. The van der Waals surface area contributed by atoms with E-state index < -0.39 is 11.9 Å². The minimum atomic E-state index is -0.731. The Morgan fingerprint density at radius 2 is 1.81 bits per heavy atom. The van der Waals surface area contributed by atoms with Crippen molar-refractivity contribution in [2.24, 2.45) is 10.7 Å². The summed E-state index contributed by atoms with van der Waals surface area (Å²) in [5.74, 6) is -0.750. The molecule has 0 saturated heterocycles. The average molecular weight is 498 g/mol. The number of carbonyl (C=O) groups is 2. The van der Waals surface area contributed by atoms with Crippen LogP contribution in [0.4, 0.5) is 5.69 Å². The highest BCUT2D eigenvalue weighted by Gasteiger charge is 2.30. The molecule has 31 heavy (non-hydrogen) atoms. The first kappa shape index (κ1) is 23.5. The first-order chi connectivity index (χ1) is 14.7. The van der Waals surface area contributed by atoms with Crippen molar-refractivity contribution < 1.29 is 9.59 Å². The summed E-state index contributed by atoms with van der Waals surface area (Å²) < 4.78 is 0. The zero-order valence-electron chi connectivity index (χ0n) is 16.6. The molecule has 0 unspecified atom stereocenters. The monoisotopic (exact) mass is 496 g/mol. The molecule has 0 bridgehead atoms. The third-order valence-corrected chi connectivity index (χ3v) is 6.77. The standard InChI is InChI=1S/C21H19Cl3N4O2S/c1-10-13(22)6-4-8-15(10)27-16(29)9-31-21-26-11(2)17(20(25)30)19(28-21)12-5-3-7-14(23)18(12)24/h3-8,19H,9H2,1-2H3,(H2,25,30)(H,26,28)(H,27,29)/t19-/m1/s1. The Kier molecular flexibility index (Phi) is 7.54. The first-order valence-corrected chi connectivity index (χ1v) is 11.3. The van der Waals surface area contributed by atoms with E-state index in [4.69, 9.17) is 40.5 Å². The third kappa shape index (κ3) is 5.36. The van der Waals surface area contributed by atoms with Crippen molar-refractivity contribution in [3.05, 3.63) is 73.9 Å². The van der Waals surface area contributed by atoms with Gasteiger partial charge in [-0.3, -0.25) is 9.59 Å². The predicted molar refractivity (Wildman–Crippen MR) is 129 cm³/mol. The molecule has 0 fully saturated rings. The van der Waals surface area contributed by atoms with E-state index in [1.807, 2.05) is 6.92 Å². The number of benzene rings is 2. The van der Waals surface area contributed by atoms with Crippen LogP contribution in [-0.4, -0.2) is 22.7 Å². The van der Waals surface area contributed by atoms with Gasteiger partial charge in [-0.2, -0.15) is 0 Å². The number of hydrogen-bond acceptors (Lipinski definition) is 5. The Hall–Kier alpha value is -2.19. The van der Waals surface area contributed by atoms with Gasteiger partial charge in [0, 0.05) is 22.0 Å². The molecule has 1 aliphatic heterocycles. The Balaban J connectivity index is 1.80. The van der Waals surface area contributed by atoms with E-state index >= 15 is 0 Å². The van der Waals surface area contributed by atoms with Crippen molar-refractivity contribution in [3.8, 4) is 0 Å². The molecule has 0 aromatic heterocycles. The molecule has 4 N–H and O–H groups in total. The van der Waals surface area contributed by atoms with Gasteiger partial charge in [-0.25, -0.2) is 4.99 Å². The Bertz CT molecular complexity index is 1120. The normalized spacial score (nSPS) is 15.9. The van der Waals surface area contributed by atoms with E-state index in [9.17, 15) is 9.59 Å². The molecular formula is C21H19Cl3N4O2S. The number of thioether (sulfide) groups is 1. The Morgan fingerprint density at radius 3 is 2.52 bits per heavy atom. The number of primary amides is 1. The van der Waals surface area contributed by atoms with Gasteiger partial charge in [0.15, 0.2) is 5.17 Å². The number of amidine groups is 1. The molecular weight excluding hydrogens is 479 g/mol. The molecule has 0 saturated carbocycles. The fourth-order valence-electron chi connectivity index (χ4n) is 3.06. The highest BCUT2D eigenvalue weighted by Crippen LogP contribution is 2.38. The number of amides is 2. The quantitative estimate of drug-likeness (QED) is 0.536. The molecule has 3 rings (SSSR count). The van der Waals surface area contributed by atoms with Crippen molar-refractivity contribution >= 4 is 69.2 Å². The van der Waals surface area contributed by atoms with Gasteiger partial charge in [-0.15, -0.1) is 0 Å². The molecule has 2 aromatic rings. The van der Waals surface area contributed by atoms with Gasteiger partial charge in [-0.1, -0.05) is 64.8 Å². The Labute approximate surface area is 199 Å². The van der Waals surface area contributed by atoms with Gasteiger partial charge >= 0.3 is 0 Å². The molecule has 1 atom stereocenters. The van der Waals surface area contributed by atoms with E-state index in [2.05, 4.69) is 15.6 Å². The number of halogens is 3. The highest BCUT2D eigenvalue weighted by molar-refractivity contribution is 8.14. The van der Waals surface area contributed by atoms with Crippen molar-refractivity contribution in [2.45, 2.75) is 19.9 Å². The highest BCUT2D eigenvalue weighted by atomic mass is 35.5. The van der Waals surface area contributed by atoms with E-state index in [1.54, 1.807) is 43.3 Å². The minimum absolute atomic E-state index is 0.0902. The number of nitrogens with zero attached hydrogens (tertiary/aromatic N) is 1. The predicted octanol–water partition coefficient (Wildman–Crippen LogP) is 5.09. The number of hydrogen-bond donors (Lipinski definition) is 3. The number of nitrogens with one attached hydrogen (secondary N) is 2. The molecule has 6 nitrogen and oxygen atoms in total. The van der Waals surface area contributed by atoms with Crippen LogP contribution in [0, 0.1) is 6.92 Å². The summed E-state index contributed by atoms with van der Waals surface area (Å²) >= 11 is 19.8. The molecule has 1 aliphatic rings. The van der Waals surface area contributed by atoms with E-state index in [-0.39, 0.29) is 17.2 Å². The van der Waals surface area contributed by atoms with Gasteiger partial charge in [0.1, 0.15) is 6.04 Å². The van der Waals surface area contributed by atoms with Crippen LogP contribution >= 0.6 is 46.6 Å². The topological polar surface area (TPSA) is 96.6 Å². The second-order valence-electron chi connectivity index (χ2n) is 6.76. The van der Waals surface area contributed by atoms with Crippen LogP contribution in [0.15, 0.2) is 52.7 Å². The van der Waals surface area contributed by atoms with E-state index in [0.29, 0.717) is 37.2 Å². The molecule has 0 aliphatic carbocycles. The van der Waals surface area contributed by atoms with Crippen LogP contribution in [0.25, 0.3) is 0 Å². The van der Waals surface area contributed by atoms with Gasteiger partial charge in [0.25, 0.3) is 0 Å². The zero-order valence-corrected chi connectivity index (χ0v) is 19.7. The lowest BCUT2D eigenvalue weighted by Gasteiger charge is -2.26. The maximum atomic E-state index is 12.4. The van der Waals surface area contributed by atoms with Crippen molar-refractivity contribution in [2.75, 3.05) is 11.1 Å². The summed E-state index contributed by atoms with van der Waals surface area (Å²) in [4.78, 5) is 29.1. The van der Waals surface area contributed by atoms with Crippen LogP contribution in [-0.2, 0) is 9.59 Å². The first-order valence-electron chi connectivity index (χ1n) is 9.16. The SMILES string of the molecule is CC1=C(C(N)=O)[C@@H](c2cccc(Cl)c2Cl)N=C(SCC(=O)Nc2cccc(Cl)c2C)N1. The lowest BCUT2D eigenvalue weighted by atomic mass is 9.96. The molecule has 0 spiro atoms. The van der Waals surface area contributed by atoms with Crippen LogP contribution in [0.1, 0.15) is 24.1 Å². The molecule has 1 heterocycles. The maximum absolute atomic E-state index is 12.4. The second-order valence-corrected chi connectivity index (χ2v) is 8.91. The summed E-state index contributed by atoms with van der Waals surface area (Å²) in [7, 11) is 0. The van der Waals surface area contributed by atoms with Crippen molar-refractivity contribution in [3.63, 3.8) is 0 Å². The van der Waals surface area contributed by atoms with E-state index in [0.717, 1.165) is 5.56 Å². The largest absolute Gasteiger partial charge is 0.366 e. The minimum Gasteiger partial charge on any atom is -0.366 e. The molecule has 2 aromatic carbocycles. The molecule has 162 valence electrons. The van der Waals surface area contributed by atoms with Crippen LogP contribution in [0.2, 0.25) is 15.1 Å². The smallest absolute Gasteiger partial charge is 0.248 e. The third-order valence-electron chi connectivity index (χ3n) is 4.64. The number of rotatable bonds is 5. The second kappa shape index (κ2) is 9.96. The number of aliphatic imine (C=N–C) groups is 1. The van der Waals surface area contributed by atoms with Crippen LogP contribution in [0.5, 0.6) is 0 Å². The summed E-state index contributed by atoms with van der Waals surface area (Å²) in [5, 5.41) is 7.55. The van der Waals surface area contributed by atoms with Crippen molar-refractivity contribution in [1.82, 2.24) is 5.32 Å². The zero-order chi connectivity index (χ0) is 22.7. The van der Waals surface area contributed by atoms with Crippen LogP contribution in [0.3, 0.4) is 0 Å². The summed E-state index contributed by atoms with van der Waals surface area (Å²) in [6.07, 6.45) is 0. The van der Waals surface area contributed by atoms with Crippen LogP contribution < -0.4 is 16.4 Å². The fourth-order valence-corrected chi connectivity index (χ4v) is 4.39.